The number of aromatic nitrogens is 2. The van der Waals surface area contributed by atoms with E-state index >= 15 is 0 Å². The van der Waals surface area contributed by atoms with Crippen LogP contribution in [0.15, 0.2) is 30.6 Å². The van der Waals surface area contributed by atoms with E-state index in [1.807, 2.05) is 12.3 Å². The van der Waals surface area contributed by atoms with E-state index in [-0.39, 0.29) is 5.41 Å². The average molecular weight is 292 g/mol. The molecule has 22 heavy (non-hydrogen) atoms. The molecule has 0 aromatic carbocycles. The predicted octanol–water partition coefficient (Wildman–Crippen LogP) is 3.35. The molecule has 4 nitrogen and oxygen atoms in total. The first kappa shape index (κ1) is 13.5. The van der Waals surface area contributed by atoms with Crippen molar-refractivity contribution in [1.82, 2.24) is 14.9 Å². The molecule has 0 atom stereocenters. The van der Waals surface area contributed by atoms with Crippen molar-refractivity contribution >= 4 is 16.6 Å². The summed E-state index contributed by atoms with van der Waals surface area (Å²) >= 11 is 0. The number of nitriles is 1. The Morgan fingerprint density at radius 2 is 2.32 bits per heavy atom. The molecule has 1 fully saturated rings. The fraction of sp³-hybridized carbons (Fsp3) is 0.444. The third-order valence-electron chi connectivity index (χ3n) is 5.16. The number of nitrogens with zero attached hydrogens (tertiary/aromatic N) is 3. The van der Waals surface area contributed by atoms with Crippen molar-refractivity contribution in [2.24, 2.45) is 5.41 Å². The molecule has 4 rings (SSSR count). The zero-order valence-corrected chi connectivity index (χ0v) is 12.7. The highest BCUT2D eigenvalue weighted by Crippen LogP contribution is 2.41. The molecule has 0 bridgehead atoms. The Bertz CT molecular complexity index is 761. The van der Waals surface area contributed by atoms with Crippen molar-refractivity contribution in [3.8, 4) is 6.07 Å². The maximum absolute atomic E-state index is 9.38. The molecule has 1 saturated carbocycles. The number of hydrogen-bond donors (Lipinski definition) is 1. The Hall–Kier alpha value is -2.12. The van der Waals surface area contributed by atoms with Crippen molar-refractivity contribution < 1.29 is 0 Å². The smallest absolute Gasteiger partial charge is 0.137 e. The van der Waals surface area contributed by atoms with E-state index in [2.05, 4.69) is 39.3 Å². The summed E-state index contributed by atoms with van der Waals surface area (Å²) in [5, 5.41) is 10.6. The third kappa shape index (κ3) is 2.22. The summed E-state index contributed by atoms with van der Waals surface area (Å²) in [6.07, 6.45) is 10.6. The van der Waals surface area contributed by atoms with Crippen LogP contribution < -0.4 is 0 Å². The Morgan fingerprint density at radius 1 is 1.41 bits per heavy atom. The second kappa shape index (κ2) is 5.26. The Kier molecular flexibility index (Phi) is 3.24. The van der Waals surface area contributed by atoms with E-state index in [9.17, 15) is 5.26 Å². The van der Waals surface area contributed by atoms with E-state index < -0.39 is 0 Å². The monoisotopic (exact) mass is 292 g/mol. The van der Waals surface area contributed by atoms with Gasteiger partial charge in [-0.3, -0.25) is 4.90 Å². The Balaban J connectivity index is 1.51. The predicted molar refractivity (Wildman–Crippen MR) is 87.0 cm³/mol. The number of nitrogens with one attached hydrogen (secondary N) is 1. The van der Waals surface area contributed by atoms with Gasteiger partial charge in [0.2, 0.25) is 0 Å². The van der Waals surface area contributed by atoms with Crippen molar-refractivity contribution in [3.05, 3.63) is 36.2 Å². The lowest BCUT2D eigenvalue weighted by Crippen LogP contribution is -2.42. The molecule has 0 unspecified atom stereocenters. The van der Waals surface area contributed by atoms with Crippen LogP contribution in [0.5, 0.6) is 0 Å². The molecule has 1 N–H and O–H groups in total. The zero-order chi connectivity index (χ0) is 15.0. The maximum atomic E-state index is 9.38. The SMILES string of the molecule is N#CC1(CN2CC=C(c3c[nH]c4ncccc34)CC2)CCC1. The number of rotatable bonds is 3. The standard InChI is InChI=1S/C18H20N4/c19-12-18(6-2-7-18)13-22-9-4-14(5-10-22)16-11-21-17-15(16)3-1-8-20-17/h1,3-4,8,11H,2,5-7,9-10,13H2,(H,20,21). The van der Waals surface area contributed by atoms with Crippen LogP contribution in [0.25, 0.3) is 16.6 Å². The van der Waals surface area contributed by atoms with E-state index in [4.69, 9.17) is 0 Å². The minimum Gasteiger partial charge on any atom is -0.346 e. The first-order valence-electron chi connectivity index (χ1n) is 8.05. The molecular formula is C18H20N4. The van der Waals surface area contributed by atoms with Crippen molar-refractivity contribution in [2.45, 2.75) is 25.7 Å². The summed E-state index contributed by atoms with van der Waals surface area (Å²) in [7, 11) is 0. The molecule has 112 valence electrons. The van der Waals surface area contributed by atoms with Gasteiger partial charge in [0.05, 0.1) is 11.5 Å². The molecule has 0 saturated heterocycles. The van der Waals surface area contributed by atoms with Crippen LogP contribution in [0.4, 0.5) is 0 Å². The first-order valence-corrected chi connectivity index (χ1v) is 8.05. The number of aromatic amines is 1. The van der Waals surface area contributed by atoms with Gasteiger partial charge in [0.1, 0.15) is 5.65 Å². The summed E-state index contributed by atoms with van der Waals surface area (Å²) in [6.45, 7) is 2.93. The molecular weight excluding hydrogens is 272 g/mol. The highest BCUT2D eigenvalue weighted by molar-refractivity contribution is 5.90. The zero-order valence-electron chi connectivity index (χ0n) is 12.7. The number of H-pyrrole nitrogens is 1. The average Bonchev–Trinajstić information content (AvgIpc) is 2.96. The van der Waals surface area contributed by atoms with Crippen LogP contribution in [0.2, 0.25) is 0 Å². The molecule has 0 amide bonds. The van der Waals surface area contributed by atoms with E-state index in [1.54, 1.807) is 0 Å². The summed E-state index contributed by atoms with van der Waals surface area (Å²) in [5.74, 6) is 0. The minimum absolute atomic E-state index is 0.0595. The minimum atomic E-state index is -0.0595. The third-order valence-corrected chi connectivity index (χ3v) is 5.16. The molecule has 1 aliphatic carbocycles. The van der Waals surface area contributed by atoms with Crippen LogP contribution in [-0.4, -0.2) is 34.5 Å². The fourth-order valence-electron chi connectivity index (χ4n) is 3.66. The van der Waals surface area contributed by atoms with Crippen molar-refractivity contribution in [3.63, 3.8) is 0 Å². The van der Waals surface area contributed by atoms with Gasteiger partial charge in [0.15, 0.2) is 0 Å². The van der Waals surface area contributed by atoms with Crippen molar-refractivity contribution in [2.75, 3.05) is 19.6 Å². The van der Waals surface area contributed by atoms with Gasteiger partial charge in [-0.1, -0.05) is 12.5 Å². The van der Waals surface area contributed by atoms with Gasteiger partial charge in [0.25, 0.3) is 0 Å². The summed E-state index contributed by atoms with van der Waals surface area (Å²) in [6, 6.07) is 6.66. The normalized spacial score (nSPS) is 21.1. The lowest BCUT2D eigenvalue weighted by atomic mass is 9.69. The van der Waals surface area contributed by atoms with Crippen LogP contribution in [0.3, 0.4) is 0 Å². The summed E-state index contributed by atoms with van der Waals surface area (Å²) in [5.41, 5.74) is 3.58. The molecule has 4 heteroatoms. The second-order valence-corrected chi connectivity index (χ2v) is 6.56. The van der Waals surface area contributed by atoms with Crippen LogP contribution in [-0.2, 0) is 0 Å². The van der Waals surface area contributed by atoms with Gasteiger partial charge in [-0.2, -0.15) is 5.26 Å². The van der Waals surface area contributed by atoms with Crippen molar-refractivity contribution in [1.29, 1.82) is 5.26 Å². The molecule has 2 aliphatic rings. The topological polar surface area (TPSA) is 55.7 Å². The van der Waals surface area contributed by atoms with Gasteiger partial charge in [-0.25, -0.2) is 4.98 Å². The maximum Gasteiger partial charge on any atom is 0.137 e. The molecule has 3 heterocycles. The van der Waals surface area contributed by atoms with Crippen LogP contribution >= 0.6 is 0 Å². The largest absolute Gasteiger partial charge is 0.346 e. The molecule has 2 aromatic heterocycles. The van der Waals surface area contributed by atoms with Crippen LogP contribution in [0.1, 0.15) is 31.2 Å². The first-order chi connectivity index (χ1) is 10.8. The van der Waals surface area contributed by atoms with Gasteiger partial charge in [-0.15, -0.1) is 0 Å². The van der Waals surface area contributed by atoms with E-state index in [1.165, 1.54) is 22.9 Å². The van der Waals surface area contributed by atoms with Gasteiger partial charge in [0, 0.05) is 43.0 Å². The Labute approximate surface area is 130 Å². The number of hydrogen-bond acceptors (Lipinski definition) is 3. The summed E-state index contributed by atoms with van der Waals surface area (Å²) < 4.78 is 0. The highest BCUT2D eigenvalue weighted by atomic mass is 15.1. The Morgan fingerprint density at radius 3 is 3.00 bits per heavy atom. The van der Waals surface area contributed by atoms with Gasteiger partial charge in [-0.05, 0) is 37.0 Å². The lowest BCUT2D eigenvalue weighted by molar-refractivity contribution is 0.128. The van der Waals surface area contributed by atoms with E-state index in [0.717, 1.165) is 44.5 Å². The van der Waals surface area contributed by atoms with Gasteiger partial charge < -0.3 is 4.98 Å². The van der Waals surface area contributed by atoms with E-state index in [0.29, 0.717) is 0 Å². The highest BCUT2D eigenvalue weighted by Gasteiger charge is 2.38. The fourth-order valence-corrected chi connectivity index (χ4v) is 3.66. The molecule has 1 aliphatic heterocycles. The number of pyridine rings is 1. The molecule has 0 spiro atoms. The lowest BCUT2D eigenvalue weighted by Gasteiger charge is -2.40. The molecule has 2 aromatic rings. The van der Waals surface area contributed by atoms with Gasteiger partial charge >= 0.3 is 0 Å². The summed E-state index contributed by atoms with van der Waals surface area (Å²) in [4.78, 5) is 10.0. The molecule has 0 radical (unpaired) electrons. The quantitative estimate of drug-likeness (QED) is 0.944. The second-order valence-electron chi connectivity index (χ2n) is 6.56. The van der Waals surface area contributed by atoms with Crippen LogP contribution in [0, 0.1) is 16.7 Å². The number of fused-ring (bicyclic) bond motifs is 1.